The van der Waals surface area contributed by atoms with Crippen molar-refractivity contribution in [3.05, 3.63) is 72.8 Å². The second-order valence-corrected chi connectivity index (χ2v) is 14.0. The number of hydrogen-bond acceptors (Lipinski definition) is 4. The van der Waals surface area contributed by atoms with Crippen molar-refractivity contribution in [3.8, 4) is 0 Å². The van der Waals surface area contributed by atoms with Gasteiger partial charge in [0.05, 0.1) is 12.6 Å². The molecule has 1 fully saturated rings. The minimum Gasteiger partial charge on any atom is -0.404 e. The molecular weight excluding hydrogens is 441 g/mol. The van der Waals surface area contributed by atoms with Crippen molar-refractivity contribution in [1.82, 2.24) is 0 Å². The van der Waals surface area contributed by atoms with E-state index in [9.17, 15) is 13.9 Å². The van der Waals surface area contributed by atoms with Crippen molar-refractivity contribution in [2.24, 2.45) is 0 Å². The second-order valence-electron chi connectivity index (χ2n) is 9.68. The average molecular weight is 474 g/mol. The fourth-order valence-electron chi connectivity index (χ4n) is 5.00. The zero-order valence-electron chi connectivity index (χ0n) is 19.9. The lowest BCUT2D eigenvalue weighted by molar-refractivity contribution is -0.107. The lowest BCUT2D eigenvalue weighted by Crippen LogP contribution is -2.68. The van der Waals surface area contributed by atoms with Crippen LogP contribution in [0.4, 0.5) is 8.78 Å². The van der Waals surface area contributed by atoms with E-state index in [4.69, 9.17) is 13.9 Å². The van der Waals surface area contributed by atoms with Crippen LogP contribution in [0, 0.1) is 0 Å². The Hall–Kier alpha value is -1.84. The number of aliphatic hydroxyl groups excluding tert-OH is 1. The number of hydrogen-bond donors (Lipinski definition) is 1. The second kappa shape index (κ2) is 10.2. The highest BCUT2D eigenvalue weighted by Crippen LogP contribution is 2.41. The van der Waals surface area contributed by atoms with E-state index in [1.807, 2.05) is 36.4 Å². The molecule has 1 heterocycles. The van der Waals surface area contributed by atoms with E-state index < -0.39 is 38.2 Å². The van der Waals surface area contributed by atoms with Crippen LogP contribution in [0.3, 0.4) is 0 Å². The van der Waals surface area contributed by atoms with E-state index >= 15 is 0 Å². The fraction of sp³-hybridized carbons (Fsp3) is 0.440. The van der Waals surface area contributed by atoms with Crippen molar-refractivity contribution >= 4 is 26.5 Å². The summed E-state index contributed by atoms with van der Waals surface area (Å²) in [5, 5.41) is 12.5. The first-order valence-corrected chi connectivity index (χ1v) is 13.1. The summed E-state index contributed by atoms with van der Waals surface area (Å²) in [4.78, 5) is 0. The number of benzene rings is 2. The first-order chi connectivity index (χ1) is 15.6. The Morgan fingerprint density at radius 2 is 1.61 bits per heavy atom. The summed E-state index contributed by atoms with van der Waals surface area (Å²) >= 11 is 0. The normalized spacial score (nSPS) is 25.7. The van der Waals surface area contributed by atoms with Gasteiger partial charge in [-0.05, 0) is 21.5 Å². The molecule has 0 aromatic heterocycles. The summed E-state index contributed by atoms with van der Waals surface area (Å²) < 4.78 is 45.0. The highest BCUT2D eigenvalue weighted by molar-refractivity contribution is 6.99. The topological polar surface area (TPSA) is 47.9 Å². The largest absolute Gasteiger partial charge is 0.404 e. The average Bonchev–Trinajstić information content (AvgIpc) is 3.03. The van der Waals surface area contributed by atoms with Crippen LogP contribution in [0.25, 0.3) is 0 Å². The maximum absolute atomic E-state index is 13.1. The molecule has 0 bridgehead atoms. The quantitative estimate of drug-likeness (QED) is 0.598. The van der Waals surface area contributed by atoms with Crippen LogP contribution in [0.2, 0.25) is 5.04 Å². The van der Waals surface area contributed by atoms with E-state index in [0.29, 0.717) is 0 Å². The van der Waals surface area contributed by atoms with Crippen molar-refractivity contribution < 1.29 is 27.8 Å². The molecule has 1 saturated heterocycles. The van der Waals surface area contributed by atoms with Gasteiger partial charge in [-0.2, -0.15) is 8.78 Å². The van der Waals surface area contributed by atoms with Crippen LogP contribution in [0.5, 0.6) is 0 Å². The third kappa shape index (κ3) is 5.00. The first kappa shape index (κ1) is 25.8. The summed E-state index contributed by atoms with van der Waals surface area (Å²) in [6, 6.07) is 19.6. The highest BCUT2D eigenvalue weighted by atomic mass is 28.4. The number of rotatable bonds is 8. The Morgan fingerprint density at radius 3 is 2.03 bits per heavy atom. The maximum atomic E-state index is 13.1. The van der Waals surface area contributed by atoms with Gasteiger partial charge in [-0.3, -0.25) is 0 Å². The van der Waals surface area contributed by atoms with Crippen molar-refractivity contribution in [2.45, 2.75) is 56.0 Å². The standard InChI is InChI=1S/C25H33BF2O4Si/c1-24(2,3)33(18-11-7-5-8-12-18,19-13-9-6-10-14-19)31-17-25(16-15-20(27)28)22(30-4)21(29)23(26)32-25/h5-15,21-23,29H,16-17,26H2,1-4H3/t21-,22+,23-,25-/m1/s1. The predicted molar refractivity (Wildman–Crippen MR) is 131 cm³/mol. The maximum Gasteiger partial charge on any atom is 0.266 e. The van der Waals surface area contributed by atoms with Gasteiger partial charge in [0.15, 0.2) is 0 Å². The molecule has 4 atom stereocenters. The van der Waals surface area contributed by atoms with Gasteiger partial charge in [-0.1, -0.05) is 81.4 Å². The van der Waals surface area contributed by atoms with E-state index in [1.165, 1.54) is 7.11 Å². The smallest absolute Gasteiger partial charge is 0.266 e. The highest BCUT2D eigenvalue weighted by Gasteiger charge is 2.57. The molecule has 178 valence electrons. The van der Waals surface area contributed by atoms with Crippen LogP contribution >= 0.6 is 0 Å². The molecule has 0 spiro atoms. The molecule has 2 aromatic carbocycles. The fourth-order valence-corrected chi connectivity index (χ4v) is 9.62. The Morgan fingerprint density at radius 1 is 1.09 bits per heavy atom. The Balaban J connectivity index is 2.13. The van der Waals surface area contributed by atoms with Crippen LogP contribution in [-0.4, -0.2) is 58.8 Å². The number of ether oxygens (including phenoxy) is 2. The van der Waals surface area contributed by atoms with Gasteiger partial charge in [0.2, 0.25) is 0 Å². The van der Waals surface area contributed by atoms with Crippen LogP contribution in [0.15, 0.2) is 72.8 Å². The molecule has 0 radical (unpaired) electrons. The number of aliphatic hydroxyl groups is 1. The minimum atomic E-state index is -2.93. The van der Waals surface area contributed by atoms with Gasteiger partial charge in [-0.15, -0.1) is 0 Å². The van der Waals surface area contributed by atoms with Crippen molar-refractivity contribution in [2.75, 3.05) is 13.7 Å². The lowest BCUT2D eigenvalue weighted by Gasteiger charge is -2.45. The molecule has 0 aliphatic carbocycles. The van der Waals surface area contributed by atoms with Crippen LogP contribution in [0.1, 0.15) is 27.2 Å². The van der Waals surface area contributed by atoms with Gasteiger partial charge in [0, 0.05) is 13.5 Å². The first-order valence-electron chi connectivity index (χ1n) is 11.2. The summed E-state index contributed by atoms with van der Waals surface area (Å²) in [6.07, 6.45) is -2.86. The Kier molecular flexibility index (Phi) is 7.96. The summed E-state index contributed by atoms with van der Waals surface area (Å²) in [7, 11) is 0.248. The summed E-state index contributed by atoms with van der Waals surface area (Å²) in [6.45, 7) is 6.44. The molecule has 1 N–H and O–H groups in total. The van der Waals surface area contributed by atoms with E-state index in [-0.39, 0.29) is 18.1 Å². The van der Waals surface area contributed by atoms with Gasteiger partial charge in [0.1, 0.15) is 25.7 Å². The SMILES string of the molecule is B[C@@H]1O[C@](CC=C(F)F)(CO[Si](c2ccccc2)(c2ccccc2)C(C)(C)C)[C@@H](OC)[C@H]1O. The molecule has 1 aliphatic heterocycles. The molecule has 4 nitrogen and oxygen atoms in total. The molecule has 1 aliphatic rings. The minimum absolute atomic E-state index is 0.00394. The van der Waals surface area contributed by atoms with Crippen molar-refractivity contribution in [3.63, 3.8) is 0 Å². The van der Waals surface area contributed by atoms with E-state index in [2.05, 4.69) is 45.0 Å². The third-order valence-corrected chi connectivity index (χ3v) is 11.5. The van der Waals surface area contributed by atoms with Gasteiger partial charge in [-0.25, -0.2) is 0 Å². The molecular formula is C25H33BF2O4Si. The molecule has 0 saturated carbocycles. The molecule has 2 aromatic rings. The van der Waals surface area contributed by atoms with Gasteiger partial charge < -0.3 is 19.0 Å². The van der Waals surface area contributed by atoms with E-state index in [1.54, 1.807) is 7.85 Å². The molecule has 0 amide bonds. The molecule has 3 rings (SSSR count). The van der Waals surface area contributed by atoms with Crippen LogP contribution < -0.4 is 10.4 Å². The zero-order chi connectivity index (χ0) is 24.3. The molecule has 8 heteroatoms. The monoisotopic (exact) mass is 474 g/mol. The van der Waals surface area contributed by atoms with Gasteiger partial charge in [0.25, 0.3) is 14.4 Å². The Bertz CT molecular complexity index is 895. The third-order valence-electron chi connectivity index (χ3n) is 6.54. The van der Waals surface area contributed by atoms with Crippen LogP contribution in [-0.2, 0) is 13.9 Å². The predicted octanol–water partition coefficient (Wildman–Crippen LogP) is 2.84. The van der Waals surface area contributed by atoms with E-state index in [0.717, 1.165) is 16.4 Å². The van der Waals surface area contributed by atoms with Crippen molar-refractivity contribution in [1.29, 1.82) is 0 Å². The van der Waals surface area contributed by atoms with Gasteiger partial charge >= 0.3 is 0 Å². The number of halogens is 2. The number of methoxy groups -OCH3 is 1. The molecule has 33 heavy (non-hydrogen) atoms. The summed E-state index contributed by atoms with van der Waals surface area (Å²) in [5.74, 6) is 0. The molecule has 0 unspecified atom stereocenters. The summed E-state index contributed by atoms with van der Waals surface area (Å²) in [5.41, 5.74) is -1.25. The zero-order valence-corrected chi connectivity index (χ0v) is 20.9. The Labute approximate surface area is 197 Å². The lowest BCUT2D eigenvalue weighted by atomic mass is 9.88.